The molecule has 1 saturated carbocycles. The average Bonchev–Trinajstić information content (AvgIpc) is 2.30. The zero-order valence-corrected chi connectivity index (χ0v) is 12.9. The first kappa shape index (κ1) is 13.5. The third-order valence-corrected chi connectivity index (χ3v) is 4.46. The largest absolute Gasteiger partial charge is 0.271 e. The fraction of sp³-hybridized carbons (Fsp3) is 0.538. The van der Waals surface area contributed by atoms with E-state index in [4.69, 9.17) is 5.84 Å². The Labute approximate surface area is 120 Å². The van der Waals surface area contributed by atoms with Crippen LogP contribution in [-0.2, 0) is 0 Å². The molecule has 0 bridgehead atoms. The van der Waals surface area contributed by atoms with Crippen molar-refractivity contribution in [3.63, 3.8) is 0 Å². The van der Waals surface area contributed by atoms with Crippen LogP contribution in [0, 0.1) is 5.92 Å². The van der Waals surface area contributed by atoms with Crippen LogP contribution in [0.3, 0.4) is 0 Å². The van der Waals surface area contributed by atoms with Crippen LogP contribution in [0.5, 0.6) is 0 Å². The third kappa shape index (κ3) is 3.53. The van der Waals surface area contributed by atoms with E-state index in [1.165, 1.54) is 37.7 Å². The lowest BCUT2D eigenvalue weighted by Gasteiger charge is -2.30. The summed E-state index contributed by atoms with van der Waals surface area (Å²) in [4.78, 5) is 0. The quantitative estimate of drug-likeness (QED) is 0.622. The van der Waals surface area contributed by atoms with Gasteiger partial charge in [0.05, 0.1) is 0 Å². The zero-order chi connectivity index (χ0) is 12.3. The predicted octanol–water partition coefficient (Wildman–Crippen LogP) is 4.30. The van der Waals surface area contributed by atoms with Gasteiger partial charge in [-0.3, -0.25) is 11.3 Å². The highest BCUT2D eigenvalue weighted by atomic mass is 79.9. The maximum atomic E-state index is 5.76. The molecule has 1 aliphatic carbocycles. The molecule has 2 nitrogen and oxygen atoms in total. The number of rotatable bonds is 3. The van der Waals surface area contributed by atoms with Crippen LogP contribution in [0.25, 0.3) is 0 Å². The van der Waals surface area contributed by atoms with Crippen molar-refractivity contribution in [3.05, 3.63) is 32.7 Å². The number of benzene rings is 1. The van der Waals surface area contributed by atoms with Crippen LogP contribution >= 0.6 is 31.9 Å². The molecule has 1 atom stereocenters. The second kappa shape index (κ2) is 6.32. The molecular formula is C13H18Br2N2. The number of hydrogen-bond donors (Lipinski definition) is 2. The van der Waals surface area contributed by atoms with Gasteiger partial charge in [0.2, 0.25) is 0 Å². The van der Waals surface area contributed by atoms with Crippen LogP contribution in [0.1, 0.15) is 43.7 Å². The Kier molecular flexibility index (Phi) is 5.03. The van der Waals surface area contributed by atoms with E-state index in [1.54, 1.807) is 0 Å². The molecule has 94 valence electrons. The van der Waals surface area contributed by atoms with Crippen LogP contribution in [0.2, 0.25) is 0 Å². The Balaban J connectivity index is 2.21. The van der Waals surface area contributed by atoms with Gasteiger partial charge in [0.1, 0.15) is 0 Å². The summed E-state index contributed by atoms with van der Waals surface area (Å²) in [5, 5.41) is 0. The lowest BCUT2D eigenvalue weighted by molar-refractivity contribution is 0.273. The molecule has 2 rings (SSSR count). The zero-order valence-electron chi connectivity index (χ0n) is 9.76. The van der Waals surface area contributed by atoms with E-state index in [2.05, 4.69) is 55.5 Å². The summed E-state index contributed by atoms with van der Waals surface area (Å²) in [5.74, 6) is 6.42. The minimum atomic E-state index is 0.268. The fourth-order valence-electron chi connectivity index (χ4n) is 2.73. The molecule has 1 fully saturated rings. The topological polar surface area (TPSA) is 38.0 Å². The molecule has 1 aliphatic rings. The van der Waals surface area contributed by atoms with Crippen LogP contribution in [0.15, 0.2) is 27.1 Å². The molecule has 0 amide bonds. The Morgan fingerprint density at radius 1 is 1.06 bits per heavy atom. The standard InChI is InChI=1S/C13H18Br2N2/c14-11-6-10(7-12(15)8-11)13(17-16)9-4-2-1-3-5-9/h6-9,13,17H,1-5,16H2. The maximum Gasteiger partial charge on any atom is 0.0488 e. The average molecular weight is 362 g/mol. The molecule has 0 spiro atoms. The van der Waals surface area contributed by atoms with Gasteiger partial charge in [0.25, 0.3) is 0 Å². The van der Waals surface area contributed by atoms with Gasteiger partial charge >= 0.3 is 0 Å². The Morgan fingerprint density at radius 2 is 1.65 bits per heavy atom. The van der Waals surface area contributed by atoms with E-state index in [0.29, 0.717) is 5.92 Å². The first-order valence-electron chi connectivity index (χ1n) is 6.13. The van der Waals surface area contributed by atoms with Crippen molar-refractivity contribution in [2.75, 3.05) is 0 Å². The van der Waals surface area contributed by atoms with E-state index >= 15 is 0 Å². The maximum absolute atomic E-state index is 5.76. The van der Waals surface area contributed by atoms with E-state index in [0.717, 1.165) is 8.95 Å². The number of halogens is 2. The van der Waals surface area contributed by atoms with Crippen molar-refractivity contribution in [2.45, 2.75) is 38.1 Å². The van der Waals surface area contributed by atoms with Crippen LogP contribution in [-0.4, -0.2) is 0 Å². The van der Waals surface area contributed by atoms with Gasteiger partial charge in [-0.05, 0) is 42.5 Å². The van der Waals surface area contributed by atoms with Crippen molar-refractivity contribution in [1.29, 1.82) is 0 Å². The van der Waals surface area contributed by atoms with Crippen molar-refractivity contribution >= 4 is 31.9 Å². The smallest absolute Gasteiger partial charge is 0.0488 e. The van der Waals surface area contributed by atoms with E-state index in [1.807, 2.05) is 0 Å². The number of nitrogens with two attached hydrogens (primary N) is 1. The Morgan fingerprint density at radius 3 is 2.18 bits per heavy atom. The van der Waals surface area contributed by atoms with Crippen LogP contribution in [0.4, 0.5) is 0 Å². The van der Waals surface area contributed by atoms with Crippen LogP contribution < -0.4 is 11.3 Å². The van der Waals surface area contributed by atoms with Gasteiger partial charge in [-0.25, -0.2) is 0 Å². The molecular weight excluding hydrogens is 344 g/mol. The van der Waals surface area contributed by atoms with Gasteiger partial charge in [0, 0.05) is 15.0 Å². The third-order valence-electron chi connectivity index (χ3n) is 3.54. The minimum Gasteiger partial charge on any atom is -0.271 e. The molecule has 0 radical (unpaired) electrons. The molecule has 1 unspecified atom stereocenters. The van der Waals surface area contributed by atoms with Gasteiger partial charge in [-0.2, -0.15) is 0 Å². The SMILES string of the molecule is NNC(c1cc(Br)cc(Br)c1)C1CCCCC1. The van der Waals surface area contributed by atoms with Crippen molar-refractivity contribution in [3.8, 4) is 0 Å². The summed E-state index contributed by atoms with van der Waals surface area (Å²) >= 11 is 7.07. The highest BCUT2D eigenvalue weighted by Crippen LogP contribution is 2.35. The second-order valence-electron chi connectivity index (χ2n) is 4.75. The summed E-state index contributed by atoms with van der Waals surface area (Å²) < 4.78 is 2.19. The molecule has 4 heteroatoms. The van der Waals surface area contributed by atoms with Gasteiger partial charge in [-0.15, -0.1) is 0 Å². The summed E-state index contributed by atoms with van der Waals surface area (Å²) in [7, 11) is 0. The highest BCUT2D eigenvalue weighted by molar-refractivity contribution is 9.11. The molecule has 3 N–H and O–H groups in total. The number of hydrogen-bond acceptors (Lipinski definition) is 2. The number of nitrogens with one attached hydrogen (secondary N) is 1. The fourth-order valence-corrected chi connectivity index (χ4v) is 4.06. The second-order valence-corrected chi connectivity index (χ2v) is 6.58. The summed E-state index contributed by atoms with van der Waals surface area (Å²) in [6.45, 7) is 0. The summed E-state index contributed by atoms with van der Waals surface area (Å²) in [6, 6.07) is 6.63. The van der Waals surface area contributed by atoms with E-state index < -0.39 is 0 Å². The number of hydrazine groups is 1. The van der Waals surface area contributed by atoms with Gasteiger partial charge in [-0.1, -0.05) is 51.1 Å². The first-order chi connectivity index (χ1) is 8.20. The molecule has 0 saturated heterocycles. The lowest BCUT2D eigenvalue weighted by atomic mass is 9.81. The Bertz CT molecular complexity index is 355. The lowest BCUT2D eigenvalue weighted by Crippen LogP contribution is -2.34. The molecule has 0 aromatic heterocycles. The normalized spacial score (nSPS) is 19.2. The van der Waals surface area contributed by atoms with Crippen molar-refractivity contribution in [2.24, 2.45) is 11.8 Å². The summed E-state index contributed by atoms with van der Waals surface area (Å²) in [6.07, 6.45) is 6.59. The molecule has 1 aromatic carbocycles. The first-order valence-corrected chi connectivity index (χ1v) is 7.71. The predicted molar refractivity (Wildman–Crippen MR) is 78.5 cm³/mol. The van der Waals surface area contributed by atoms with E-state index in [9.17, 15) is 0 Å². The van der Waals surface area contributed by atoms with Gasteiger partial charge in [0.15, 0.2) is 0 Å². The van der Waals surface area contributed by atoms with E-state index in [-0.39, 0.29) is 6.04 Å². The van der Waals surface area contributed by atoms with Gasteiger partial charge < -0.3 is 0 Å². The molecule has 17 heavy (non-hydrogen) atoms. The molecule has 0 aliphatic heterocycles. The Hall–Kier alpha value is 0.1000. The highest BCUT2D eigenvalue weighted by Gasteiger charge is 2.24. The monoisotopic (exact) mass is 360 g/mol. The molecule has 1 aromatic rings. The minimum absolute atomic E-state index is 0.268. The van der Waals surface area contributed by atoms with Crippen molar-refractivity contribution < 1.29 is 0 Å². The van der Waals surface area contributed by atoms with Crippen molar-refractivity contribution in [1.82, 2.24) is 5.43 Å². The summed E-state index contributed by atoms with van der Waals surface area (Å²) in [5.41, 5.74) is 4.27. The molecule has 0 heterocycles.